The lowest BCUT2D eigenvalue weighted by Crippen LogP contribution is -2.48. The molecule has 3 aliphatic heterocycles. The van der Waals surface area contributed by atoms with E-state index in [4.69, 9.17) is 9.47 Å². The Balaban J connectivity index is 1.27. The lowest BCUT2D eigenvalue weighted by atomic mass is 9.99. The predicted octanol–water partition coefficient (Wildman–Crippen LogP) is 5.53. The standard InChI is InChI=1S/C23H41NO3S/c1-4-5-6-7-8-9-10-11-12-13-14-28-18-15-19-22-20(26-23(2,3)27-22)17-24(19)21(25)16-18/h18-20,22H,4-17H2,1-3H3/t18-,19+,20+,22-/m0/s1. The van der Waals surface area contributed by atoms with Gasteiger partial charge in [0.05, 0.1) is 12.6 Å². The number of unbranched alkanes of at least 4 members (excludes halogenated alkanes) is 9. The average Bonchev–Trinajstić information content (AvgIpc) is 3.12. The number of ether oxygens (including phenoxy) is 2. The first kappa shape index (κ1) is 22.4. The molecular weight excluding hydrogens is 370 g/mol. The number of carbonyl (C=O) groups is 1. The van der Waals surface area contributed by atoms with Gasteiger partial charge in [-0.1, -0.05) is 64.7 Å². The second kappa shape index (κ2) is 10.7. The molecule has 0 unspecified atom stereocenters. The number of thioether (sulfide) groups is 1. The zero-order valence-electron chi connectivity index (χ0n) is 18.3. The first-order valence-electron chi connectivity index (χ1n) is 11.8. The number of rotatable bonds is 12. The van der Waals surface area contributed by atoms with Crippen LogP contribution >= 0.6 is 11.8 Å². The number of nitrogens with zero attached hydrogens (tertiary/aromatic N) is 1. The average molecular weight is 412 g/mol. The van der Waals surface area contributed by atoms with Crippen molar-refractivity contribution < 1.29 is 14.3 Å². The highest BCUT2D eigenvalue weighted by Crippen LogP contribution is 2.42. The maximum absolute atomic E-state index is 12.6. The van der Waals surface area contributed by atoms with E-state index in [-0.39, 0.29) is 18.2 Å². The second-order valence-corrected chi connectivity index (χ2v) is 10.8. The smallest absolute Gasteiger partial charge is 0.224 e. The van der Waals surface area contributed by atoms with Crippen molar-refractivity contribution in [2.75, 3.05) is 12.3 Å². The van der Waals surface area contributed by atoms with Crippen molar-refractivity contribution in [3.05, 3.63) is 0 Å². The van der Waals surface area contributed by atoms with Crippen LogP contribution in [0.3, 0.4) is 0 Å². The molecule has 5 heteroatoms. The Labute approximate surface area is 176 Å². The second-order valence-electron chi connectivity index (χ2n) is 9.37. The van der Waals surface area contributed by atoms with E-state index in [9.17, 15) is 4.79 Å². The van der Waals surface area contributed by atoms with Crippen molar-refractivity contribution in [3.63, 3.8) is 0 Å². The van der Waals surface area contributed by atoms with Crippen LogP contribution in [0.4, 0.5) is 0 Å². The molecule has 3 aliphatic rings. The highest BCUT2D eigenvalue weighted by atomic mass is 32.2. The van der Waals surface area contributed by atoms with Crippen molar-refractivity contribution in [1.82, 2.24) is 4.90 Å². The summed E-state index contributed by atoms with van der Waals surface area (Å²) >= 11 is 2.02. The summed E-state index contributed by atoms with van der Waals surface area (Å²) in [4.78, 5) is 14.6. The molecule has 0 aliphatic carbocycles. The fraction of sp³-hybridized carbons (Fsp3) is 0.957. The molecule has 4 atom stereocenters. The van der Waals surface area contributed by atoms with Crippen LogP contribution in [-0.2, 0) is 14.3 Å². The number of piperidine rings is 1. The minimum absolute atomic E-state index is 0.0645. The molecule has 0 radical (unpaired) electrons. The zero-order valence-corrected chi connectivity index (χ0v) is 19.1. The lowest BCUT2D eigenvalue weighted by molar-refractivity contribution is -0.169. The Morgan fingerprint density at radius 2 is 1.64 bits per heavy atom. The third kappa shape index (κ3) is 6.12. The largest absolute Gasteiger partial charge is 0.343 e. The topological polar surface area (TPSA) is 38.8 Å². The molecule has 3 rings (SSSR count). The van der Waals surface area contributed by atoms with E-state index < -0.39 is 5.79 Å². The Hall–Kier alpha value is -0.260. The quantitative estimate of drug-likeness (QED) is 0.396. The SMILES string of the molecule is CCCCCCCCCCCCS[C@@H]1CC(=O)N2C[C@H]3OC(C)(C)O[C@H]3[C@H]2C1. The van der Waals surface area contributed by atoms with Crippen LogP contribution in [0.5, 0.6) is 0 Å². The molecule has 1 amide bonds. The summed E-state index contributed by atoms with van der Waals surface area (Å²) < 4.78 is 12.1. The van der Waals surface area contributed by atoms with Gasteiger partial charge in [0, 0.05) is 11.7 Å². The molecule has 0 aromatic heterocycles. The van der Waals surface area contributed by atoms with Crippen LogP contribution < -0.4 is 0 Å². The molecule has 0 aromatic rings. The van der Waals surface area contributed by atoms with Crippen molar-refractivity contribution in [3.8, 4) is 0 Å². The Kier molecular flexibility index (Phi) is 8.55. The van der Waals surface area contributed by atoms with E-state index >= 15 is 0 Å². The van der Waals surface area contributed by atoms with Crippen molar-refractivity contribution in [1.29, 1.82) is 0 Å². The van der Waals surface area contributed by atoms with Crippen LogP contribution in [-0.4, -0.2) is 52.4 Å². The number of carbonyl (C=O) groups excluding carboxylic acids is 1. The molecule has 0 saturated carbocycles. The minimum Gasteiger partial charge on any atom is -0.343 e. The van der Waals surface area contributed by atoms with Crippen LogP contribution in [0.15, 0.2) is 0 Å². The van der Waals surface area contributed by atoms with Gasteiger partial charge in [-0.3, -0.25) is 4.79 Å². The summed E-state index contributed by atoms with van der Waals surface area (Å²) in [6.07, 6.45) is 15.7. The first-order valence-corrected chi connectivity index (χ1v) is 12.8. The molecule has 4 nitrogen and oxygen atoms in total. The molecule has 3 saturated heterocycles. The Bertz CT molecular complexity index is 498. The van der Waals surface area contributed by atoms with Crippen molar-refractivity contribution in [2.45, 2.75) is 127 Å². The van der Waals surface area contributed by atoms with Gasteiger partial charge in [0.1, 0.15) is 12.2 Å². The summed E-state index contributed by atoms with van der Waals surface area (Å²) in [5.41, 5.74) is 0. The van der Waals surface area contributed by atoms with E-state index in [2.05, 4.69) is 6.92 Å². The van der Waals surface area contributed by atoms with Crippen LogP contribution in [0, 0.1) is 0 Å². The van der Waals surface area contributed by atoms with E-state index in [1.807, 2.05) is 30.5 Å². The highest BCUT2D eigenvalue weighted by Gasteiger charge is 2.55. The highest BCUT2D eigenvalue weighted by molar-refractivity contribution is 7.99. The van der Waals surface area contributed by atoms with Gasteiger partial charge in [-0.05, 0) is 32.4 Å². The maximum Gasteiger partial charge on any atom is 0.224 e. The number of hydrogen-bond donors (Lipinski definition) is 0. The van der Waals surface area contributed by atoms with Gasteiger partial charge in [0.2, 0.25) is 5.91 Å². The fourth-order valence-electron chi connectivity index (χ4n) is 5.02. The van der Waals surface area contributed by atoms with E-state index in [1.165, 1.54) is 70.0 Å². The maximum atomic E-state index is 12.6. The number of fused-ring (bicyclic) bond motifs is 3. The zero-order chi connectivity index (χ0) is 20.0. The van der Waals surface area contributed by atoms with Gasteiger partial charge in [0.25, 0.3) is 0 Å². The van der Waals surface area contributed by atoms with Crippen molar-refractivity contribution >= 4 is 17.7 Å². The van der Waals surface area contributed by atoms with E-state index in [0.29, 0.717) is 24.1 Å². The summed E-state index contributed by atoms with van der Waals surface area (Å²) in [7, 11) is 0. The first-order chi connectivity index (χ1) is 13.5. The van der Waals surface area contributed by atoms with E-state index in [1.54, 1.807) is 0 Å². The molecule has 0 aromatic carbocycles. The Morgan fingerprint density at radius 3 is 2.32 bits per heavy atom. The van der Waals surface area contributed by atoms with Crippen LogP contribution in [0.2, 0.25) is 0 Å². The van der Waals surface area contributed by atoms with Gasteiger partial charge in [-0.2, -0.15) is 11.8 Å². The van der Waals surface area contributed by atoms with Crippen LogP contribution in [0.25, 0.3) is 0 Å². The fourth-order valence-corrected chi connectivity index (χ4v) is 6.31. The van der Waals surface area contributed by atoms with Gasteiger partial charge >= 0.3 is 0 Å². The number of hydrogen-bond acceptors (Lipinski definition) is 4. The molecular formula is C23H41NO3S. The van der Waals surface area contributed by atoms with Gasteiger partial charge in [0.15, 0.2) is 5.79 Å². The molecule has 0 spiro atoms. The molecule has 0 bridgehead atoms. The summed E-state index contributed by atoms with van der Waals surface area (Å²) in [6.45, 7) is 6.96. The molecule has 3 heterocycles. The summed E-state index contributed by atoms with van der Waals surface area (Å²) in [6, 6.07) is 0.221. The van der Waals surface area contributed by atoms with Crippen molar-refractivity contribution in [2.24, 2.45) is 0 Å². The normalized spacial score (nSPS) is 31.2. The van der Waals surface area contributed by atoms with E-state index in [0.717, 1.165) is 6.42 Å². The molecule has 28 heavy (non-hydrogen) atoms. The predicted molar refractivity (Wildman–Crippen MR) is 117 cm³/mol. The molecule has 3 fully saturated rings. The summed E-state index contributed by atoms with van der Waals surface area (Å²) in [5.74, 6) is 0.995. The van der Waals surface area contributed by atoms with Gasteiger partial charge in [-0.25, -0.2) is 0 Å². The molecule has 0 N–H and O–H groups in total. The Morgan fingerprint density at radius 1 is 1.00 bits per heavy atom. The van der Waals surface area contributed by atoms with Gasteiger partial charge < -0.3 is 14.4 Å². The monoisotopic (exact) mass is 411 g/mol. The minimum atomic E-state index is -0.499. The summed E-state index contributed by atoms with van der Waals surface area (Å²) in [5, 5.41) is 0.457. The van der Waals surface area contributed by atoms with Crippen LogP contribution in [0.1, 0.15) is 97.8 Å². The lowest BCUT2D eigenvalue weighted by Gasteiger charge is -2.37. The number of amides is 1. The third-order valence-corrected chi connectivity index (χ3v) is 7.81. The van der Waals surface area contributed by atoms with Gasteiger partial charge in [-0.15, -0.1) is 0 Å². The third-order valence-electron chi connectivity index (χ3n) is 6.46. The molecule has 162 valence electrons.